The fraction of sp³-hybridized carbons (Fsp3) is 0.0909. The number of ether oxygens (including phenoxy) is 1. The van der Waals surface area contributed by atoms with Gasteiger partial charge in [-0.2, -0.15) is 0 Å². The summed E-state index contributed by atoms with van der Waals surface area (Å²) in [6.45, 7) is 0. The molecule has 1 aromatic heterocycles. The highest BCUT2D eigenvalue weighted by Gasteiger charge is 2.11. The molecular formula is C11H8O3S. The van der Waals surface area contributed by atoms with Gasteiger partial charge in [0.1, 0.15) is 5.56 Å². The molecule has 0 spiro atoms. The zero-order valence-corrected chi connectivity index (χ0v) is 8.84. The highest BCUT2D eigenvalue weighted by molar-refractivity contribution is 7.16. The first kappa shape index (κ1) is 9.86. The van der Waals surface area contributed by atoms with Crippen molar-refractivity contribution in [1.29, 1.82) is 0 Å². The summed E-state index contributed by atoms with van der Waals surface area (Å²) in [7, 11) is 1.27. The molecule has 15 heavy (non-hydrogen) atoms. The zero-order chi connectivity index (χ0) is 10.8. The van der Waals surface area contributed by atoms with Crippen molar-refractivity contribution in [2.24, 2.45) is 0 Å². The number of hydrogen-bond donors (Lipinski definition) is 0. The van der Waals surface area contributed by atoms with Crippen molar-refractivity contribution in [2.45, 2.75) is 0 Å². The Hall–Kier alpha value is -1.68. The van der Waals surface area contributed by atoms with Crippen LogP contribution in [0.25, 0.3) is 10.1 Å². The minimum atomic E-state index is -0.581. The molecular weight excluding hydrogens is 212 g/mol. The fourth-order valence-corrected chi connectivity index (χ4v) is 2.16. The minimum Gasteiger partial charge on any atom is -0.465 e. The van der Waals surface area contributed by atoms with Crippen molar-refractivity contribution in [2.75, 3.05) is 7.11 Å². The highest BCUT2D eigenvalue weighted by atomic mass is 32.1. The number of carbonyl (C=O) groups excluding carboxylic acids is 1. The molecule has 4 heteroatoms. The number of esters is 1. The lowest BCUT2D eigenvalue weighted by molar-refractivity contribution is 0.0600. The first-order valence-corrected chi connectivity index (χ1v) is 5.15. The van der Waals surface area contributed by atoms with E-state index in [-0.39, 0.29) is 10.3 Å². The van der Waals surface area contributed by atoms with Gasteiger partial charge in [0, 0.05) is 4.70 Å². The fourth-order valence-electron chi connectivity index (χ4n) is 1.31. The van der Waals surface area contributed by atoms with E-state index in [1.54, 1.807) is 6.07 Å². The average molecular weight is 220 g/mol. The molecule has 0 aliphatic heterocycles. The number of benzene rings is 1. The summed E-state index contributed by atoms with van der Waals surface area (Å²) in [4.78, 5) is 22.8. The van der Waals surface area contributed by atoms with Crippen LogP contribution < -0.4 is 4.74 Å². The molecule has 0 saturated carbocycles. The molecule has 0 N–H and O–H groups in total. The van der Waals surface area contributed by atoms with Gasteiger partial charge in [-0.25, -0.2) is 4.79 Å². The summed E-state index contributed by atoms with van der Waals surface area (Å²) in [6, 6.07) is 9.00. The maximum Gasteiger partial charge on any atom is 0.342 e. The number of methoxy groups -OCH3 is 1. The molecule has 0 fully saturated rings. The molecule has 0 aliphatic rings. The Bertz CT molecular complexity index is 571. The van der Waals surface area contributed by atoms with E-state index in [9.17, 15) is 9.59 Å². The summed E-state index contributed by atoms with van der Waals surface area (Å²) in [5, 5.41) is 0.877. The smallest absolute Gasteiger partial charge is 0.342 e. The van der Waals surface area contributed by atoms with Crippen molar-refractivity contribution in [3.8, 4) is 0 Å². The Morgan fingerprint density at radius 2 is 2.07 bits per heavy atom. The highest BCUT2D eigenvalue weighted by Crippen LogP contribution is 2.16. The van der Waals surface area contributed by atoms with Crippen LogP contribution in [-0.4, -0.2) is 13.1 Å². The Morgan fingerprint density at radius 1 is 1.33 bits per heavy atom. The second kappa shape index (κ2) is 3.82. The van der Waals surface area contributed by atoms with Crippen LogP contribution >= 0.6 is 11.3 Å². The van der Waals surface area contributed by atoms with Crippen LogP contribution in [0.3, 0.4) is 0 Å². The quantitative estimate of drug-likeness (QED) is 0.691. The van der Waals surface area contributed by atoms with Crippen molar-refractivity contribution in [3.63, 3.8) is 0 Å². The lowest BCUT2D eigenvalue weighted by atomic mass is 10.2. The summed E-state index contributed by atoms with van der Waals surface area (Å²) >= 11 is 1.06. The molecule has 76 valence electrons. The molecule has 0 saturated heterocycles. The van der Waals surface area contributed by atoms with Gasteiger partial charge in [-0.1, -0.05) is 29.5 Å². The molecule has 0 atom stereocenters. The van der Waals surface area contributed by atoms with Crippen molar-refractivity contribution < 1.29 is 9.53 Å². The van der Waals surface area contributed by atoms with Gasteiger partial charge in [0.05, 0.1) is 7.11 Å². The maximum absolute atomic E-state index is 11.6. The van der Waals surface area contributed by atoms with Gasteiger partial charge < -0.3 is 4.74 Å². The average Bonchev–Trinajstić information content (AvgIpc) is 2.27. The van der Waals surface area contributed by atoms with Gasteiger partial charge in [0.2, 0.25) is 4.74 Å². The second-order valence-corrected chi connectivity index (χ2v) is 3.99. The Balaban J connectivity index is 2.73. The van der Waals surface area contributed by atoms with E-state index in [0.29, 0.717) is 0 Å². The van der Waals surface area contributed by atoms with Gasteiger partial charge in [-0.05, 0) is 17.5 Å². The van der Waals surface area contributed by atoms with E-state index in [1.807, 2.05) is 24.3 Å². The molecule has 0 radical (unpaired) electrons. The number of hydrogen-bond acceptors (Lipinski definition) is 4. The monoisotopic (exact) mass is 220 g/mol. The molecule has 2 rings (SSSR count). The number of carbonyl (C=O) groups is 1. The normalized spacial score (nSPS) is 10.2. The Morgan fingerprint density at radius 3 is 2.80 bits per heavy atom. The predicted molar refractivity (Wildman–Crippen MR) is 59.4 cm³/mol. The lowest BCUT2D eigenvalue weighted by Crippen LogP contribution is -2.12. The molecule has 1 aromatic carbocycles. The molecule has 0 bridgehead atoms. The Kier molecular flexibility index (Phi) is 2.51. The summed E-state index contributed by atoms with van der Waals surface area (Å²) in [5.74, 6) is -0.581. The van der Waals surface area contributed by atoms with Crippen molar-refractivity contribution >= 4 is 27.4 Å². The number of fused-ring (bicyclic) bond motifs is 1. The molecule has 0 unspecified atom stereocenters. The minimum absolute atomic E-state index is 0.0983. The third-order valence-corrected chi connectivity index (χ3v) is 3.04. The zero-order valence-electron chi connectivity index (χ0n) is 8.02. The van der Waals surface area contributed by atoms with Crippen LogP contribution in [0.2, 0.25) is 0 Å². The van der Waals surface area contributed by atoms with Gasteiger partial charge >= 0.3 is 5.97 Å². The van der Waals surface area contributed by atoms with Crippen molar-refractivity contribution in [3.05, 3.63) is 45.4 Å². The van der Waals surface area contributed by atoms with Crippen molar-refractivity contribution in [1.82, 2.24) is 0 Å². The molecule has 1 heterocycles. The van der Waals surface area contributed by atoms with Crippen LogP contribution in [0.5, 0.6) is 0 Å². The van der Waals surface area contributed by atoms with E-state index in [4.69, 9.17) is 0 Å². The van der Waals surface area contributed by atoms with Crippen LogP contribution in [0.4, 0.5) is 0 Å². The van der Waals surface area contributed by atoms with Gasteiger partial charge in [0.25, 0.3) is 0 Å². The third kappa shape index (κ3) is 1.76. The van der Waals surface area contributed by atoms with Gasteiger partial charge in [-0.15, -0.1) is 0 Å². The van der Waals surface area contributed by atoms with Crippen LogP contribution in [0, 0.1) is 0 Å². The van der Waals surface area contributed by atoms with E-state index < -0.39 is 5.97 Å². The first-order valence-electron chi connectivity index (χ1n) is 4.33. The Labute approximate surface area is 89.9 Å². The van der Waals surface area contributed by atoms with E-state index in [1.165, 1.54) is 7.11 Å². The third-order valence-electron chi connectivity index (χ3n) is 2.05. The standard InChI is InChI=1S/C11H8O3S/c1-14-10(12)8-6-7-4-2-3-5-9(7)15-11(8)13/h2-6H,1H3. The second-order valence-electron chi connectivity index (χ2n) is 2.98. The van der Waals surface area contributed by atoms with Crippen LogP contribution in [0.1, 0.15) is 10.4 Å². The molecule has 0 amide bonds. The van der Waals surface area contributed by atoms with E-state index in [2.05, 4.69) is 4.74 Å². The SMILES string of the molecule is COC(=O)c1cc2ccccc2sc1=O. The van der Waals surface area contributed by atoms with Crippen LogP contribution in [0.15, 0.2) is 35.1 Å². The molecule has 0 aliphatic carbocycles. The summed E-state index contributed by atoms with van der Waals surface area (Å²) in [6.07, 6.45) is 0. The first-order chi connectivity index (χ1) is 7.22. The van der Waals surface area contributed by atoms with E-state index >= 15 is 0 Å². The van der Waals surface area contributed by atoms with Gasteiger partial charge in [0.15, 0.2) is 0 Å². The lowest BCUT2D eigenvalue weighted by Gasteiger charge is -1.99. The summed E-state index contributed by atoms with van der Waals surface area (Å²) in [5.41, 5.74) is 0.0983. The largest absolute Gasteiger partial charge is 0.465 e. The number of rotatable bonds is 1. The maximum atomic E-state index is 11.6. The predicted octanol–water partition coefficient (Wildman–Crippen LogP) is 2.05. The van der Waals surface area contributed by atoms with Gasteiger partial charge in [-0.3, -0.25) is 4.79 Å². The van der Waals surface area contributed by atoms with E-state index in [0.717, 1.165) is 21.4 Å². The van der Waals surface area contributed by atoms with Crippen LogP contribution in [-0.2, 0) is 4.74 Å². The molecule has 3 nitrogen and oxygen atoms in total. The topological polar surface area (TPSA) is 43.4 Å². The summed E-state index contributed by atoms with van der Waals surface area (Å²) < 4.78 is 5.14. The molecule has 2 aromatic rings.